The van der Waals surface area contributed by atoms with Gasteiger partial charge < -0.3 is 10.5 Å². The van der Waals surface area contributed by atoms with Gasteiger partial charge in [0, 0.05) is 11.6 Å². The van der Waals surface area contributed by atoms with E-state index in [1.807, 2.05) is 36.4 Å². The molecule has 0 saturated heterocycles. The molecule has 4 rings (SSSR count). The molecule has 0 amide bonds. The lowest BCUT2D eigenvalue weighted by atomic mass is 10.1. The van der Waals surface area contributed by atoms with Crippen molar-refractivity contribution in [2.75, 3.05) is 13.7 Å². The summed E-state index contributed by atoms with van der Waals surface area (Å²) in [5.74, 6) is 0.682. The summed E-state index contributed by atoms with van der Waals surface area (Å²) in [5.41, 5.74) is 7.23. The van der Waals surface area contributed by atoms with Crippen LogP contribution in [-0.4, -0.2) is 26.0 Å². The fraction of sp³-hybridized carbons (Fsp3) is 0.143. The Bertz CT molecular complexity index is 1240. The van der Waals surface area contributed by atoms with Crippen LogP contribution < -0.4 is 10.5 Å². The standard InChI is InChI=1S/C21H20N2O3S/c1-26-18-7-9-21-20(13-18)17(10-11-22)14-23(21)27(24,25)19-8-6-15-4-2-3-5-16(15)12-19/h2-9,12-14H,10-11,22H2,1H3. The zero-order valence-corrected chi connectivity index (χ0v) is 15.7. The SMILES string of the molecule is COc1ccc2c(c1)c(CCN)cn2S(=O)(=O)c1ccc2ccccc2c1. The van der Waals surface area contributed by atoms with Gasteiger partial charge in [-0.1, -0.05) is 30.3 Å². The smallest absolute Gasteiger partial charge is 0.268 e. The van der Waals surface area contributed by atoms with Crippen LogP contribution in [0.2, 0.25) is 0 Å². The van der Waals surface area contributed by atoms with Crippen LogP contribution in [0.1, 0.15) is 5.56 Å². The van der Waals surface area contributed by atoms with E-state index in [1.165, 1.54) is 3.97 Å². The van der Waals surface area contributed by atoms with Crippen LogP contribution in [0.4, 0.5) is 0 Å². The van der Waals surface area contributed by atoms with Crippen molar-refractivity contribution in [3.8, 4) is 5.75 Å². The topological polar surface area (TPSA) is 74.3 Å². The highest BCUT2D eigenvalue weighted by Gasteiger charge is 2.21. The summed E-state index contributed by atoms with van der Waals surface area (Å²) in [6.45, 7) is 0.437. The average Bonchev–Trinajstić information content (AvgIpc) is 3.06. The third kappa shape index (κ3) is 2.97. The molecule has 5 nitrogen and oxygen atoms in total. The van der Waals surface area contributed by atoms with Crippen LogP contribution in [0.15, 0.2) is 71.8 Å². The van der Waals surface area contributed by atoms with Crippen LogP contribution in [0.25, 0.3) is 21.7 Å². The summed E-state index contributed by atoms with van der Waals surface area (Å²) in [4.78, 5) is 0.258. The second-order valence-electron chi connectivity index (χ2n) is 6.39. The van der Waals surface area contributed by atoms with E-state index in [1.54, 1.807) is 37.6 Å². The minimum atomic E-state index is -3.74. The summed E-state index contributed by atoms with van der Waals surface area (Å²) < 4.78 is 33.4. The number of ether oxygens (including phenoxy) is 1. The molecule has 0 radical (unpaired) electrons. The molecule has 0 bridgehead atoms. The van der Waals surface area contributed by atoms with Gasteiger partial charge in [-0.05, 0) is 59.6 Å². The molecule has 0 fully saturated rings. The normalized spacial score (nSPS) is 11.9. The van der Waals surface area contributed by atoms with Crippen LogP contribution in [0.5, 0.6) is 5.75 Å². The minimum absolute atomic E-state index is 0.258. The first-order valence-corrected chi connectivity index (χ1v) is 10.1. The number of fused-ring (bicyclic) bond motifs is 2. The van der Waals surface area contributed by atoms with E-state index in [0.29, 0.717) is 24.2 Å². The van der Waals surface area contributed by atoms with E-state index in [4.69, 9.17) is 10.5 Å². The third-order valence-electron chi connectivity index (χ3n) is 4.75. The van der Waals surface area contributed by atoms with Crippen LogP contribution in [0.3, 0.4) is 0 Å². The van der Waals surface area contributed by atoms with Crippen molar-refractivity contribution < 1.29 is 13.2 Å². The summed E-state index contributed by atoms with van der Waals surface area (Å²) in [6.07, 6.45) is 2.26. The Morgan fingerprint density at radius 3 is 2.52 bits per heavy atom. The zero-order chi connectivity index (χ0) is 19.0. The largest absolute Gasteiger partial charge is 0.497 e. The van der Waals surface area contributed by atoms with Crippen LogP contribution in [0, 0.1) is 0 Å². The Morgan fingerprint density at radius 2 is 1.78 bits per heavy atom. The molecular formula is C21H20N2O3S. The van der Waals surface area contributed by atoms with Crippen LogP contribution >= 0.6 is 0 Å². The van der Waals surface area contributed by atoms with Gasteiger partial charge >= 0.3 is 0 Å². The fourth-order valence-electron chi connectivity index (χ4n) is 3.37. The lowest BCUT2D eigenvalue weighted by molar-refractivity contribution is 0.415. The van der Waals surface area contributed by atoms with Gasteiger partial charge in [0.25, 0.3) is 10.0 Å². The molecule has 3 aromatic carbocycles. The zero-order valence-electron chi connectivity index (χ0n) is 14.9. The van der Waals surface area contributed by atoms with Crippen molar-refractivity contribution in [1.82, 2.24) is 3.97 Å². The number of methoxy groups -OCH3 is 1. The molecule has 0 saturated carbocycles. The molecule has 0 spiro atoms. The Morgan fingerprint density at radius 1 is 1.00 bits per heavy atom. The van der Waals surface area contributed by atoms with Gasteiger partial charge in [0.15, 0.2) is 0 Å². The number of aromatic nitrogens is 1. The summed E-state index contributed by atoms with van der Waals surface area (Å²) in [5, 5.41) is 2.73. The van der Waals surface area contributed by atoms with Crippen LogP contribution in [-0.2, 0) is 16.4 Å². The maximum atomic E-state index is 13.4. The predicted molar refractivity (Wildman–Crippen MR) is 108 cm³/mol. The molecule has 0 aliphatic carbocycles. The number of nitrogens with zero attached hydrogens (tertiary/aromatic N) is 1. The monoisotopic (exact) mass is 380 g/mol. The molecule has 0 aliphatic rings. The van der Waals surface area contributed by atoms with Gasteiger partial charge in [0.05, 0.1) is 17.5 Å². The molecule has 1 aromatic heterocycles. The molecule has 27 heavy (non-hydrogen) atoms. The van der Waals surface area contributed by atoms with E-state index in [2.05, 4.69) is 0 Å². The Hall–Kier alpha value is -2.83. The molecule has 0 atom stereocenters. The van der Waals surface area contributed by atoms with Crippen molar-refractivity contribution in [3.63, 3.8) is 0 Å². The molecule has 4 aromatic rings. The Kier molecular flexibility index (Phi) is 4.37. The van der Waals surface area contributed by atoms with Gasteiger partial charge in [-0.2, -0.15) is 0 Å². The van der Waals surface area contributed by atoms with E-state index < -0.39 is 10.0 Å². The molecule has 2 N–H and O–H groups in total. The number of rotatable bonds is 5. The predicted octanol–water partition coefficient (Wildman–Crippen LogP) is 3.54. The summed E-state index contributed by atoms with van der Waals surface area (Å²) >= 11 is 0. The second-order valence-corrected chi connectivity index (χ2v) is 8.20. The van der Waals surface area contributed by atoms with Crippen molar-refractivity contribution in [3.05, 3.63) is 72.4 Å². The van der Waals surface area contributed by atoms with Crippen molar-refractivity contribution >= 4 is 31.7 Å². The van der Waals surface area contributed by atoms with E-state index in [-0.39, 0.29) is 4.90 Å². The fourth-order valence-corrected chi connectivity index (χ4v) is 4.79. The quantitative estimate of drug-likeness (QED) is 0.575. The molecule has 0 aliphatic heterocycles. The summed E-state index contributed by atoms with van der Waals surface area (Å²) in [6, 6.07) is 18.3. The highest BCUT2D eigenvalue weighted by atomic mass is 32.2. The third-order valence-corrected chi connectivity index (χ3v) is 6.42. The van der Waals surface area contributed by atoms with Gasteiger partial charge in [0.1, 0.15) is 5.75 Å². The van der Waals surface area contributed by atoms with E-state index in [0.717, 1.165) is 21.7 Å². The van der Waals surface area contributed by atoms with E-state index in [9.17, 15) is 8.42 Å². The molecule has 1 heterocycles. The van der Waals surface area contributed by atoms with Crippen molar-refractivity contribution in [2.45, 2.75) is 11.3 Å². The number of hydrogen-bond acceptors (Lipinski definition) is 4. The number of nitrogens with two attached hydrogens (primary N) is 1. The molecule has 6 heteroatoms. The van der Waals surface area contributed by atoms with E-state index >= 15 is 0 Å². The first kappa shape index (κ1) is 17.6. The van der Waals surface area contributed by atoms with Crippen molar-refractivity contribution in [1.29, 1.82) is 0 Å². The molecule has 0 unspecified atom stereocenters. The Balaban J connectivity index is 1.93. The lowest BCUT2D eigenvalue weighted by Crippen LogP contribution is -2.12. The summed E-state index contributed by atoms with van der Waals surface area (Å²) in [7, 11) is -2.15. The maximum Gasteiger partial charge on any atom is 0.268 e. The molecule has 138 valence electrons. The number of benzene rings is 3. The highest BCUT2D eigenvalue weighted by molar-refractivity contribution is 7.90. The highest BCUT2D eigenvalue weighted by Crippen LogP contribution is 2.30. The maximum absolute atomic E-state index is 13.4. The first-order valence-electron chi connectivity index (χ1n) is 8.67. The lowest BCUT2D eigenvalue weighted by Gasteiger charge is -2.09. The van der Waals surface area contributed by atoms with Crippen molar-refractivity contribution in [2.24, 2.45) is 5.73 Å². The Labute approximate surface area is 158 Å². The van der Waals surface area contributed by atoms with Gasteiger partial charge in [-0.15, -0.1) is 0 Å². The van der Waals surface area contributed by atoms with Gasteiger partial charge in [-0.25, -0.2) is 12.4 Å². The minimum Gasteiger partial charge on any atom is -0.497 e. The first-order chi connectivity index (χ1) is 13.0. The average molecular weight is 380 g/mol. The van der Waals surface area contributed by atoms with Gasteiger partial charge in [0.2, 0.25) is 0 Å². The second kappa shape index (κ2) is 6.72. The van der Waals surface area contributed by atoms with Gasteiger partial charge in [-0.3, -0.25) is 0 Å². The number of hydrogen-bond donors (Lipinski definition) is 1. The molecular weight excluding hydrogens is 360 g/mol.